The van der Waals surface area contributed by atoms with Crippen molar-refractivity contribution in [3.05, 3.63) is 39.7 Å². The van der Waals surface area contributed by atoms with Gasteiger partial charge in [0.2, 0.25) is 5.82 Å². The van der Waals surface area contributed by atoms with E-state index in [0.29, 0.717) is 0 Å². The van der Waals surface area contributed by atoms with E-state index in [4.69, 9.17) is 0 Å². The van der Waals surface area contributed by atoms with E-state index in [2.05, 4.69) is 4.74 Å². The van der Waals surface area contributed by atoms with E-state index in [0.717, 1.165) is 18.2 Å². The number of Topliss-reactive ketones (excluding diaryl/α,β-unsaturated/α-hetero) is 1. The highest BCUT2D eigenvalue weighted by Gasteiger charge is 2.18. The second kappa shape index (κ2) is 5.85. The Morgan fingerprint density at radius 1 is 1.44 bits per heavy atom. The zero-order chi connectivity index (χ0) is 13.7. The van der Waals surface area contributed by atoms with Gasteiger partial charge in [0.25, 0.3) is 0 Å². The first-order chi connectivity index (χ1) is 8.45. The smallest absolute Gasteiger partial charge is 0.313 e. The van der Waals surface area contributed by atoms with Gasteiger partial charge in [0.15, 0.2) is 5.78 Å². The number of ketones is 1. The third-order valence-electron chi connectivity index (χ3n) is 2.08. The SMILES string of the molecule is CCOC(=O)CC(=O)c1ccc([N+](=O)[O-])c(F)c1. The predicted molar refractivity (Wildman–Crippen MR) is 58.6 cm³/mol. The van der Waals surface area contributed by atoms with Crippen molar-refractivity contribution < 1.29 is 23.6 Å². The minimum Gasteiger partial charge on any atom is -0.466 e. The van der Waals surface area contributed by atoms with Crippen LogP contribution in [0.4, 0.5) is 10.1 Å². The summed E-state index contributed by atoms with van der Waals surface area (Å²) in [6, 6.07) is 2.72. The van der Waals surface area contributed by atoms with Gasteiger partial charge in [0, 0.05) is 11.6 Å². The molecule has 0 heterocycles. The summed E-state index contributed by atoms with van der Waals surface area (Å²) < 4.78 is 17.8. The van der Waals surface area contributed by atoms with E-state index in [1.54, 1.807) is 6.92 Å². The molecule has 18 heavy (non-hydrogen) atoms. The number of ether oxygens (including phenoxy) is 1. The predicted octanol–water partition coefficient (Wildman–Crippen LogP) is 1.87. The highest BCUT2D eigenvalue weighted by molar-refractivity contribution is 6.06. The van der Waals surface area contributed by atoms with Gasteiger partial charge in [-0.1, -0.05) is 0 Å². The van der Waals surface area contributed by atoms with Crippen LogP contribution in [-0.2, 0) is 9.53 Å². The quantitative estimate of drug-likeness (QED) is 0.263. The lowest BCUT2D eigenvalue weighted by molar-refractivity contribution is -0.387. The zero-order valence-corrected chi connectivity index (χ0v) is 9.51. The molecule has 1 rings (SSSR count). The van der Waals surface area contributed by atoms with Crippen LogP contribution in [0.15, 0.2) is 18.2 Å². The molecular weight excluding hydrogens is 245 g/mol. The Kier molecular flexibility index (Phi) is 4.47. The van der Waals surface area contributed by atoms with Crippen LogP contribution < -0.4 is 0 Å². The normalized spacial score (nSPS) is 9.89. The van der Waals surface area contributed by atoms with E-state index < -0.39 is 34.6 Å². The average Bonchev–Trinajstić information content (AvgIpc) is 2.28. The van der Waals surface area contributed by atoms with Crippen molar-refractivity contribution in [2.75, 3.05) is 6.61 Å². The van der Waals surface area contributed by atoms with Gasteiger partial charge in [-0.15, -0.1) is 0 Å². The molecule has 0 fully saturated rings. The Morgan fingerprint density at radius 3 is 2.61 bits per heavy atom. The fourth-order valence-corrected chi connectivity index (χ4v) is 1.27. The Bertz CT molecular complexity index is 500. The molecule has 0 aliphatic carbocycles. The summed E-state index contributed by atoms with van der Waals surface area (Å²) in [6.45, 7) is 1.73. The Hall–Kier alpha value is -2.31. The number of carbonyl (C=O) groups is 2. The monoisotopic (exact) mass is 255 g/mol. The molecule has 96 valence electrons. The molecule has 0 amide bonds. The lowest BCUT2D eigenvalue weighted by Gasteiger charge is -2.02. The van der Waals surface area contributed by atoms with Gasteiger partial charge in [-0.3, -0.25) is 19.7 Å². The zero-order valence-electron chi connectivity index (χ0n) is 9.51. The van der Waals surface area contributed by atoms with Gasteiger partial charge < -0.3 is 4.74 Å². The van der Waals surface area contributed by atoms with Crippen molar-refractivity contribution >= 4 is 17.4 Å². The number of nitro groups is 1. The van der Waals surface area contributed by atoms with Crippen molar-refractivity contribution in [1.29, 1.82) is 0 Å². The number of halogens is 1. The van der Waals surface area contributed by atoms with Gasteiger partial charge in [-0.05, 0) is 19.1 Å². The topological polar surface area (TPSA) is 86.5 Å². The molecule has 1 aromatic carbocycles. The first-order valence-electron chi connectivity index (χ1n) is 5.08. The van der Waals surface area contributed by atoms with Crippen molar-refractivity contribution in [2.45, 2.75) is 13.3 Å². The maximum Gasteiger partial charge on any atom is 0.313 e. The molecule has 0 saturated carbocycles. The summed E-state index contributed by atoms with van der Waals surface area (Å²) in [5, 5.41) is 10.4. The summed E-state index contributed by atoms with van der Waals surface area (Å²) in [7, 11) is 0. The highest BCUT2D eigenvalue weighted by atomic mass is 19.1. The van der Waals surface area contributed by atoms with Crippen LogP contribution in [0.2, 0.25) is 0 Å². The van der Waals surface area contributed by atoms with E-state index in [-0.39, 0.29) is 12.2 Å². The molecule has 0 radical (unpaired) electrons. The van der Waals surface area contributed by atoms with Crippen molar-refractivity contribution in [3.8, 4) is 0 Å². The summed E-state index contributed by atoms with van der Waals surface area (Å²) >= 11 is 0. The average molecular weight is 255 g/mol. The van der Waals surface area contributed by atoms with E-state index >= 15 is 0 Å². The molecule has 0 aromatic heterocycles. The van der Waals surface area contributed by atoms with Gasteiger partial charge >= 0.3 is 11.7 Å². The fraction of sp³-hybridized carbons (Fsp3) is 0.273. The molecule has 7 heteroatoms. The molecule has 0 unspecified atom stereocenters. The summed E-state index contributed by atoms with van der Waals surface area (Å²) in [5.74, 6) is -2.49. The van der Waals surface area contributed by atoms with E-state index in [1.807, 2.05) is 0 Å². The molecule has 0 N–H and O–H groups in total. The minimum atomic E-state index is -1.12. The number of nitrogens with zero attached hydrogens (tertiary/aromatic N) is 1. The van der Waals surface area contributed by atoms with Crippen LogP contribution >= 0.6 is 0 Å². The number of benzene rings is 1. The largest absolute Gasteiger partial charge is 0.466 e. The number of carbonyl (C=O) groups excluding carboxylic acids is 2. The lowest BCUT2D eigenvalue weighted by Crippen LogP contribution is -2.11. The third-order valence-corrected chi connectivity index (χ3v) is 2.08. The number of nitro benzene ring substituents is 1. The van der Waals surface area contributed by atoms with Crippen LogP contribution in [0.3, 0.4) is 0 Å². The molecule has 0 atom stereocenters. The molecule has 0 saturated heterocycles. The molecular formula is C11H10FNO5. The van der Waals surface area contributed by atoms with Gasteiger partial charge in [0.1, 0.15) is 6.42 Å². The minimum absolute atomic E-state index is 0.105. The van der Waals surface area contributed by atoms with Gasteiger partial charge in [-0.25, -0.2) is 0 Å². The maximum atomic E-state index is 13.2. The van der Waals surface area contributed by atoms with Crippen LogP contribution in [0.25, 0.3) is 0 Å². The van der Waals surface area contributed by atoms with Crippen LogP contribution in [0.1, 0.15) is 23.7 Å². The summed E-state index contributed by atoms with van der Waals surface area (Å²) in [6.07, 6.45) is -0.523. The lowest BCUT2D eigenvalue weighted by atomic mass is 10.1. The Morgan fingerprint density at radius 2 is 2.11 bits per heavy atom. The summed E-state index contributed by atoms with van der Waals surface area (Å²) in [5.41, 5.74) is -0.825. The first-order valence-corrected chi connectivity index (χ1v) is 5.08. The summed E-state index contributed by atoms with van der Waals surface area (Å²) in [4.78, 5) is 32.0. The highest BCUT2D eigenvalue weighted by Crippen LogP contribution is 2.18. The molecule has 1 aromatic rings. The molecule has 0 bridgehead atoms. The van der Waals surface area contributed by atoms with Crippen LogP contribution in [0.5, 0.6) is 0 Å². The molecule has 0 spiro atoms. The standard InChI is InChI=1S/C11H10FNO5/c1-2-18-11(15)6-10(14)7-3-4-9(13(16)17)8(12)5-7/h3-5H,2,6H2,1H3. The van der Waals surface area contributed by atoms with Crippen LogP contribution in [0, 0.1) is 15.9 Å². The van der Waals surface area contributed by atoms with Crippen molar-refractivity contribution in [3.63, 3.8) is 0 Å². The second-order valence-electron chi connectivity index (χ2n) is 3.33. The Balaban J connectivity index is 2.85. The van der Waals surface area contributed by atoms with Gasteiger partial charge in [0.05, 0.1) is 11.5 Å². The Labute approximate surface area is 102 Å². The molecule has 0 aliphatic rings. The molecule has 0 aliphatic heterocycles. The van der Waals surface area contributed by atoms with Crippen molar-refractivity contribution in [2.24, 2.45) is 0 Å². The number of hydrogen-bond acceptors (Lipinski definition) is 5. The van der Waals surface area contributed by atoms with Crippen molar-refractivity contribution in [1.82, 2.24) is 0 Å². The second-order valence-corrected chi connectivity index (χ2v) is 3.33. The third kappa shape index (κ3) is 3.34. The van der Waals surface area contributed by atoms with Crippen LogP contribution in [-0.4, -0.2) is 23.3 Å². The van der Waals surface area contributed by atoms with E-state index in [9.17, 15) is 24.1 Å². The fourth-order valence-electron chi connectivity index (χ4n) is 1.27. The maximum absolute atomic E-state index is 13.2. The van der Waals surface area contributed by atoms with Gasteiger partial charge in [-0.2, -0.15) is 4.39 Å². The van der Waals surface area contributed by atoms with E-state index in [1.165, 1.54) is 0 Å². The number of rotatable bonds is 5. The number of hydrogen-bond donors (Lipinski definition) is 0. The first kappa shape index (κ1) is 13.8. The number of esters is 1. The molecule has 6 nitrogen and oxygen atoms in total.